The fraction of sp³-hybridized carbons (Fsp3) is 0.357. The molecular weight excluding hydrogens is 274 g/mol. The molecule has 1 fully saturated rings. The molecule has 1 heterocycles. The largest absolute Gasteiger partial charge is 0.504 e. The van der Waals surface area contributed by atoms with Crippen LogP contribution in [-0.4, -0.2) is 40.9 Å². The molecule has 2 N–H and O–H groups in total. The molecule has 0 aliphatic carbocycles. The lowest BCUT2D eigenvalue weighted by Gasteiger charge is -2.17. The predicted octanol–water partition coefficient (Wildman–Crippen LogP) is 1.46. The summed E-state index contributed by atoms with van der Waals surface area (Å²) in [5.74, 6) is -0.102. The quantitative estimate of drug-likeness (QED) is 0.649. The van der Waals surface area contributed by atoms with Gasteiger partial charge >= 0.3 is 6.03 Å². The Hall–Kier alpha value is -2.57. The van der Waals surface area contributed by atoms with Crippen molar-refractivity contribution < 1.29 is 19.4 Å². The third-order valence-electron chi connectivity index (χ3n) is 3.47. The number of hydrazone groups is 1. The second-order valence-electron chi connectivity index (χ2n) is 4.91. The molecule has 0 aromatic heterocycles. The maximum atomic E-state index is 12.1. The average molecular weight is 291 g/mol. The van der Waals surface area contributed by atoms with Crippen LogP contribution in [0.1, 0.15) is 25.8 Å². The number of urea groups is 1. The van der Waals surface area contributed by atoms with Gasteiger partial charge in [-0.05, 0) is 37.1 Å². The number of benzene rings is 1. The van der Waals surface area contributed by atoms with Gasteiger partial charge in [-0.2, -0.15) is 5.10 Å². The summed E-state index contributed by atoms with van der Waals surface area (Å²) >= 11 is 0. The standard InChI is InChI=1S/C14H17N3O4/c1-4-14(2)12(19)17(13(20)16-14)15-8-9-5-6-10(18)11(7-9)21-3/h5-8,18H,4H2,1-3H3,(H,16,20)/b15-8+. The number of hydrogen-bond acceptors (Lipinski definition) is 5. The smallest absolute Gasteiger partial charge is 0.346 e. The number of methoxy groups -OCH3 is 1. The minimum Gasteiger partial charge on any atom is -0.504 e. The van der Waals surface area contributed by atoms with E-state index in [4.69, 9.17) is 4.74 Å². The molecule has 112 valence electrons. The van der Waals surface area contributed by atoms with Crippen molar-refractivity contribution in [1.29, 1.82) is 0 Å². The Morgan fingerprint density at radius 3 is 2.76 bits per heavy atom. The van der Waals surface area contributed by atoms with E-state index >= 15 is 0 Å². The van der Waals surface area contributed by atoms with Crippen molar-refractivity contribution in [2.75, 3.05) is 7.11 Å². The maximum Gasteiger partial charge on any atom is 0.346 e. The molecule has 1 aromatic carbocycles. The van der Waals surface area contributed by atoms with E-state index in [1.54, 1.807) is 19.1 Å². The van der Waals surface area contributed by atoms with Crippen LogP contribution in [-0.2, 0) is 4.79 Å². The summed E-state index contributed by atoms with van der Waals surface area (Å²) in [4.78, 5) is 23.9. The van der Waals surface area contributed by atoms with Crippen molar-refractivity contribution >= 4 is 18.2 Å². The van der Waals surface area contributed by atoms with Crippen LogP contribution >= 0.6 is 0 Å². The lowest BCUT2D eigenvalue weighted by atomic mass is 10.00. The summed E-state index contributed by atoms with van der Waals surface area (Å²) in [7, 11) is 1.43. The summed E-state index contributed by atoms with van der Waals surface area (Å²) in [5.41, 5.74) is -0.323. The Morgan fingerprint density at radius 2 is 2.19 bits per heavy atom. The number of carbonyl (C=O) groups excluding carboxylic acids is 2. The number of amides is 3. The van der Waals surface area contributed by atoms with Gasteiger partial charge in [-0.25, -0.2) is 4.79 Å². The van der Waals surface area contributed by atoms with Crippen LogP contribution in [0.4, 0.5) is 4.79 Å². The topological polar surface area (TPSA) is 91.2 Å². The van der Waals surface area contributed by atoms with Crippen molar-refractivity contribution in [1.82, 2.24) is 10.3 Å². The first kappa shape index (κ1) is 14.8. The molecular formula is C14H17N3O4. The molecule has 7 nitrogen and oxygen atoms in total. The average Bonchev–Trinajstić information content (AvgIpc) is 2.69. The van der Waals surface area contributed by atoms with Gasteiger partial charge in [0.15, 0.2) is 11.5 Å². The van der Waals surface area contributed by atoms with Gasteiger partial charge in [-0.1, -0.05) is 6.92 Å². The Morgan fingerprint density at radius 1 is 1.48 bits per heavy atom. The minimum absolute atomic E-state index is 0.00296. The highest BCUT2D eigenvalue weighted by atomic mass is 16.5. The summed E-state index contributed by atoms with van der Waals surface area (Å²) in [6.45, 7) is 3.47. The molecule has 1 aliphatic rings. The summed E-state index contributed by atoms with van der Waals surface area (Å²) in [6.07, 6.45) is 1.84. The fourth-order valence-electron chi connectivity index (χ4n) is 1.91. The molecule has 0 bridgehead atoms. The van der Waals surface area contributed by atoms with Crippen LogP contribution < -0.4 is 10.1 Å². The van der Waals surface area contributed by atoms with Crippen LogP contribution in [0.15, 0.2) is 23.3 Å². The first-order chi connectivity index (χ1) is 9.91. The Bertz CT molecular complexity index is 614. The van der Waals surface area contributed by atoms with Crippen LogP contribution in [0.25, 0.3) is 0 Å². The lowest BCUT2D eigenvalue weighted by molar-refractivity contribution is -0.130. The molecule has 2 rings (SSSR count). The maximum absolute atomic E-state index is 12.1. The van der Waals surface area contributed by atoms with Crippen molar-refractivity contribution in [2.45, 2.75) is 25.8 Å². The second kappa shape index (κ2) is 5.43. The number of carbonyl (C=O) groups is 2. The van der Waals surface area contributed by atoms with E-state index in [0.29, 0.717) is 12.0 Å². The number of nitrogens with one attached hydrogen (secondary N) is 1. The zero-order valence-electron chi connectivity index (χ0n) is 12.1. The highest BCUT2D eigenvalue weighted by Gasteiger charge is 2.46. The Labute approximate surface area is 122 Å². The third-order valence-corrected chi connectivity index (χ3v) is 3.47. The number of hydrogen-bond donors (Lipinski definition) is 2. The van der Waals surface area contributed by atoms with Crippen molar-refractivity contribution in [3.05, 3.63) is 23.8 Å². The molecule has 1 aliphatic heterocycles. The molecule has 1 saturated heterocycles. The van der Waals surface area contributed by atoms with Gasteiger partial charge in [0.05, 0.1) is 13.3 Å². The molecule has 1 unspecified atom stereocenters. The normalized spacial score (nSPS) is 22.0. The van der Waals surface area contributed by atoms with Gasteiger partial charge < -0.3 is 15.2 Å². The number of aromatic hydroxyl groups is 1. The number of ether oxygens (including phenoxy) is 1. The van der Waals surface area contributed by atoms with E-state index in [2.05, 4.69) is 10.4 Å². The molecule has 1 atom stereocenters. The lowest BCUT2D eigenvalue weighted by Crippen LogP contribution is -2.42. The van der Waals surface area contributed by atoms with Gasteiger partial charge in [-0.15, -0.1) is 5.01 Å². The van der Waals surface area contributed by atoms with E-state index in [0.717, 1.165) is 5.01 Å². The summed E-state index contributed by atoms with van der Waals surface area (Å²) in [6, 6.07) is 4.04. The van der Waals surface area contributed by atoms with E-state index in [1.807, 2.05) is 6.92 Å². The number of nitrogens with zero attached hydrogens (tertiary/aromatic N) is 2. The van der Waals surface area contributed by atoms with E-state index < -0.39 is 17.5 Å². The number of imide groups is 1. The molecule has 1 aromatic rings. The van der Waals surface area contributed by atoms with E-state index in [-0.39, 0.29) is 11.5 Å². The monoisotopic (exact) mass is 291 g/mol. The molecule has 0 saturated carbocycles. The first-order valence-corrected chi connectivity index (χ1v) is 6.49. The van der Waals surface area contributed by atoms with Gasteiger partial charge in [0.25, 0.3) is 5.91 Å². The SMILES string of the molecule is CCC1(C)NC(=O)N(/N=C/c2ccc(O)c(OC)c2)C1=O. The number of phenolic OH excluding ortho intramolecular Hbond substituents is 1. The molecule has 3 amide bonds. The van der Waals surface area contributed by atoms with Crippen LogP contribution in [0, 0.1) is 0 Å². The fourth-order valence-corrected chi connectivity index (χ4v) is 1.91. The Kier molecular flexibility index (Phi) is 3.84. The van der Waals surface area contributed by atoms with Crippen LogP contribution in [0.5, 0.6) is 11.5 Å². The highest BCUT2D eigenvalue weighted by Crippen LogP contribution is 2.26. The molecule has 21 heavy (non-hydrogen) atoms. The number of phenols is 1. The van der Waals surface area contributed by atoms with Gasteiger partial charge in [-0.3, -0.25) is 4.79 Å². The molecule has 0 spiro atoms. The summed E-state index contributed by atoms with van der Waals surface area (Å²) in [5, 5.41) is 16.8. The van der Waals surface area contributed by atoms with Gasteiger partial charge in [0, 0.05) is 0 Å². The zero-order chi connectivity index (χ0) is 15.6. The predicted molar refractivity (Wildman–Crippen MR) is 76.3 cm³/mol. The van der Waals surface area contributed by atoms with Crippen molar-refractivity contribution in [3.8, 4) is 11.5 Å². The van der Waals surface area contributed by atoms with Crippen molar-refractivity contribution in [2.24, 2.45) is 5.10 Å². The Balaban J connectivity index is 2.22. The molecule has 7 heteroatoms. The highest BCUT2D eigenvalue weighted by molar-refractivity contribution is 6.07. The third kappa shape index (κ3) is 2.67. The summed E-state index contributed by atoms with van der Waals surface area (Å²) < 4.78 is 4.98. The van der Waals surface area contributed by atoms with Gasteiger partial charge in [0.1, 0.15) is 5.54 Å². The minimum atomic E-state index is -0.916. The van der Waals surface area contributed by atoms with E-state index in [1.165, 1.54) is 19.4 Å². The first-order valence-electron chi connectivity index (χ1n) is 6.49. The van der Waals surface area contributed by atoms with Gasteiger partial charge in [0.2, 0.25) is 0 Å². The molecule has 0 radical (unpaired) electrons. The number of rotatable bonds is 4. The zero-order valence-corrected chi connectivity index (χ0v) is 12.1. The van der Waals surface area contributed by atoms with E-state index in [9.17, 15) is 14.7 Å². The van der Waals surface area contributed by atoms with Crippen LogP contribution in [0.3, 0.4) is 0 Å². The van der Waals surface area contributed by atoms with Crippen molar-refractivity contribution in [3.63, 3.8) is 0 Å². The van der Waals surface area contributed by atoms with Crippen LogP contribution in [0.2, 0.25) is 0 Å². The second-order valence-corrected chi connectivity index (χ2v) is 4.91.